The second kappa shape index (κ2) is 6.98. The lowest BCUT2D eigenvalue weighted by Crippen LogP contribution is -2.47. The molecule has 140 valence electrons. The Balaban J connectivity index is 2.39. The number of nitrogens with zero attached hydrogens (tertiary/aromatic N) is 2. The molecule has 0 unspecified atom stereocenters. The number of fused-ring (bicyclic) bond motifs is 2. The van der Waals surface area contributed by atoms with E-state index in [1.807, 2.05) is 6.07 Å². The molecule has 1 spiro atoms. The fourth-order valence-electron chi connectivity index (χ4n) is 3.63. The zero-order valence-electron chi connectivity index (χ0n) is 15.2. The van der Waals surface area contributed by atoms with E-state index in [-0.39, 0.29) is 35.9 Å². The molecule has 1 aromatic rings. The zero-order chi connectivity index (χ0) is 20.5. The molecular weight excluding hydrogens is 358 g/mol. The van der Waals surface area contributed by atoms with E-state index in [1.165, 1.54) is 11.0 Å². The third-order valence-electron chi connectivity index (χ3n) is 4.74. The van der Waals surface area contributed by atoms with Crippen LogP contribution in [0.15, 0.2) is 59.6 Å². The van der Waals surface area contributed by atoms with Gasteiger partial charge in [0.1, 0.15) is 24.0 Å². The molecule has 7 heteroatoms. The highest BCUT2D eigenvalue weighted by Crippen LogP contribution is 2.53. The molecule has 0 saturated heterocycles. The molecule has 0 bridgehead atoms. The first-order valence-corrected chi connectivity index (χ1v) is 8.37. The average molecular weight is 375 g/mol. The summed E-state index contributed by atoms with van der Waals surface area (Å²) in [5.74, 6) is 1.11. The number of nitrogens with two attached hydrogens (primary N) is 1. The van der Waals surface area contributed by atoms with Crippen LogP contribution < -0.4 is 10.5 Å². The number of hydrogen-bond donors (Lipinski definition) is 1. The molecule has 2 aliphatic rings. The number of rotatable bonds is 4. The molecule has 2 heterocycles. The monoisotopic (exact) mass is 375 g/mol. The van der Waals surface area contributed by atoms with Gasteiger partial charge in [0.25, 0.3) is 0 Å². The van der Waals surface area contributed by atoms with Gasteiger partial charge in [0, 0.05) is 11.3 Å². The van der Waals surface area contributed by atoms with Gasteiger partial charge in [0.15, 0.2) is 5.41 Å². The van der Waals surface area contributed by atoms with Crippen LogP contribution in [0, 0.1) is 23.7 Å². The summed E-state index contributed by atoms with van der Waals surface area (Å²) in [6.07, 6.45) is 6.83. The van der Waals surface area contributed by atoms with Crippen LogP contribution in [0.2, 0.25) is 0 Å². The lowest BCUT2D eigenvalue weighted by Gasteiger charge is -2.35. The van der Waals surface area contributed by atoms with E-state index in [0.717, 1.165) is 0 Å². The molecule has 0 aliphatic carbocycles. The molecule has 1 atom stereocenters. The Kier molecular flexibility index (Phi) is 4.69. The van der Waals surface area contributed by atoms with Crippen molar-refractivity contribution in [3.05, 3.63) is 65.2 Å². The number of amides is 1. The van der Waals surface area contributed by atoms with E-state index in [1.54, 1.807) is 31.2 Å². The van der Waals surface area contributed by atoms with E-state index in [2.05, 4.69) is 12.5 Å². The van der Waals surface area contributed by atoms with Crippen molar-refractivity contribution in [1.82, 2.24) is 4.90 Å². The number of hydrogen-bond acceptors (Lipinski definition) is 6. The Bertz CT molecular complexity index is 1040. The van der Waals surface area contributed by atoms with E-state index in [0.29, 0.717) is 11.3 Å². The molecule has 0 aromatic heterocycles. The fraction of sp³-hybridized carbons (Fsp3) is 0.190. The average Bonchev–Trinajstić information content (AvgIpc) is 2.89. The number of carbonyl (C=O) groups excluding carboxylic acids is 2. The highest BCUT2D eigenvalue weighted by Gasteiger charge is 2.62. The first-order chi connectivity index (χ1) is 13.4. The second-order valence-electron chi connectivity index (χ2n) is 6.14. The molecule has 1 amide bonds. The summed E-state index contributed by atoms with van der Waals surface area (Å²) in [4.78, 5) is 27.9. The number of carbonyl (C=O) groups is 2. The molecule has 3 rings (SSSR count). The van der Waals surface area contributed by atoms with Crippen molar-refractivity contribution in [2.24, 2.45) is 5.73 Å². The first kappa shape index (κ1) is 18.8. The van der Waals surface area contributed by atoms with E-state index in [4.69, 9.17) is 21.6 Å². The summed E-state index contributed by atoms with van der Waals surface area (Å²) >= 11 is 0. The van der Waals surface area contributed by atoms with E-state index < -0.39 is 17.3 Å². The Morgan fingerprint density at radius 3 is 2.86 bits per heavy atom. The third kappa shape index (κ3) is 2.38. The van der Waals surface area contributed by atoms with Gasteiger partial charge < -0.3 is 20.1 Å². The Morgan fingerprint density at radius 1 is 1.50 bits per heavy atom. The Hall–Kier alpha value is -3.97. The largest absolute Gasteiger partial charge is 0.458 e. The van der Waals surface area contributed by atoms with Gasteiger partial charge in [0.2, 0.25) is 11.8 Å². The summed E-state index contributed by atoms with van der Waals surface area (Å²) in [6, 6.07) is 8.55. The molecule has 0 radical (unpaired) electrons. The standard InChI is InChI=1S/C21H17N3O4/c1-4-10-24-13(3)17(19(25)27-11-5-2)21(20(24)26)14-8-6-7-9-16(14)28-18(23)15(21)12-22/h1,5-9H,2,10-11,23H2,3H3/t21-/m1/s1. The summed E-state index contributed by atoms with van der Waals surface area (Å²) in [5.41, 5.74) is 4.64. The zero-order valence-corrected chi connectivity index (χ0v) is 15.2. The number of terminal acetylenes is 1. The fourth-order valence-corrected chi connectivity index (χ4v) is 3.63. The topological polar surface area (TPSA) is 106 Å². The molecule has 7 nitrogen and oxygen atoms in total. The summed E-state index contributed by atoms with van der Waals surface area (Å²) in [5, 5.41) is 9.84. The smallest absolute Gasteiger partial charge is 0.337 e. The van der Waals surface area contributed by atoms with Crippen molar-refractivity contribution in [2.45, 2.75) is 12.3 Å². The third-order valence-corrected chi connectivity index (χ3v) is 4.74. The minimum Gasteiger partial charge on any atom is -0.458 e. The van der Waals surface area contributed by atoms with Crippen LogP contribution in [-0.4, -0.2) is 29.9 Å². The van der Waals surface area contributed by atoms with Crippen molar-refractivity contribution in [1.29, 1.82) is 5.26 Å². The van der Waals surface area contributed by atoms with Gasteiger partial charge in [-0.2, -0.15) is 5.26 Å². The minimum absolute atomic E-state index is 0.00940. The van der Waals surface area contributed by atoms with Crippen molar-refractivity contribution in [3.8, 4) is 24.2 Å². The lowest BCUT2D eigenvalue weighted by molar-refractivity contribution is -0.140. The van der Waals surface area contributed by atoms with Crippen LogP contribution in [0.1, 0.15) is 12.5 Å². The molecule has 0 saturated carbocycles. The number of nitriles is 1. The predicted octanol–water partition coefficient (Wildman–Crippen LogP) is 1.49. The van der Waals surface area contributed by atoms with Crippen molar-refractivity contribution >= 4 is 11.9 Å². The molecule has 2 N–H and O–H groups in total. The van der Waals surface area contributed by atoms with Gasteiger partial charge in [-0.25, -0.2) is 4.79 Å². The van der Waals surface area contributed by atoms with Gasteiger partial charge in [0.05, 0.1) is 12.1 Å². The maximum Gasteiger partial charge on any atom is 0.337 e. The SMILES string of the molecule is C#CCN1C(=O)[C@]2(C(C#N)=C(N)Oc3ccccc32)C(C(=O)OCC=C)=C1C. The molecular formula is C21H17N3O4. The summed E-state index contributed by atoms with van der Waals surface area (Å²) in [7, 11) is 0. The van der Waals surface area contributed by atoms with Crippen molar-refractivity contribution < 1.29 is 19.1 Å². The van der Waals surface area contributed by atoms with Crippen LogP contribution in [0.25, 0.3) is 0 Å². The molecule has 0 fully saturated rings. The van der Waals surface area contributed by atoms with Crippen LogP contribution in [0.3, 0.4) is 0 Å². The maximum atomic E-state index is 13.6. The number of ether oxygens (including phenoxy) is 2. The summed E-state index contributed by atoms with van der Waals surface area (Å²) in [6.45, 7) is 4.96. The van der Waals surface area contributed by atoms with Gasteiger partial charge in [-0.1, -0.05) is 36.8 Å². The lowest BCUT2D eigenvalue weighted by atomic mass is 9.68. The van der Waals surface area contributed by atoms with Gasteiger partial charge in [-0.05, 0) is 13.0 Å². The number of esters is 1. The van der Waals surface area contributed by atoms with Crippen LogP contribution in [-0.2, 0) is 19.7 Å². The normalized spacial score (nSPS) is 20.4. The highest BCUT2D eigenvalue weighted by atomic mass is 16.5. The maximum absolute atomic E-state index is 13.6. The molecule has 2 aliphatic heterocycles. The van der Waals surface area contributed by atoms with Gasteiger partial charge in [-0.3, -0.25) is 4.79 Å². The van der Waals surface area contributed by atoms with Crippen molar-refractivity contribution in [3.63, 3.8) is 0 Å². The van der Waals surface area contributed by atoms with Gasteiger partial charge >= 0.3 is 5.97 Å². The first-order valence-electron chi connectivity index (χ1n) is 8.37. The summed E-state index contributed by atoms with van der Waals surface area (Å²) < 4.78 is 10.8. The molecule has 28 heavy (non-hydrogen) atoms. The van der Waals surface area contributed by atoms with E-state index in [9.17, 15) is 14.9 Å². The second-order valence-corrected chi connectivity index (χ2v) is 6.14. The quantitative estimate of drug-likeness (QED) is 0.486. The number of benzene rings is 1. The Morgan fingerprint density at radius 2 is 2.21 bits per heavy atom. The number of allylic oxidation sites excluding steroid dienone is 1. The predicted molar refractivity (Wildman–Crippen MR) is 100.0 cm³/mol. The van der Waals surface area contributed by atoms with Crippen LogP contribution in [0.5, 0.6) is 5.75 Å². The molecule has 1 aromatic carbocycles. The number of para-hydroxylation sites is 1. The minimum atomic E-state index is -1.78. The van der Waals surface area contributed by atoms with E-state index >= 15 is 0 Å². The van der Waals surface area contributed by atoms with Gasteiger partial charge in [-0.15, -0.1) is 6.42 Å². The van der Waals surface area contributed by atoms with Crippen LogP contribution >= 0.6 is 0 Å². The van der Waals surface area contributed by atoms with Crippen LogP contribution in [0.4, 0.5) is 0 Å². The highest BCUT2D eigenvalue weighted by molar-refractivity contribution is 6.12. The van der Waals surface area contributed by atoms with Crippen molar-refractivity contribution in [2.75, 3.05) is 13.2 Å². The Labute approximate surface area is 162 Å².